The summed E-state index contributed by atoms with van der Waals surface area (Å²) in [6.07, 6.45) is 2.71. The third-order valence-corrected chi connectivity index (χ3v) is 3.93. The van der Waals surface area contributed by atoms with Gasteiger partial charge < -0.3 is 24.2 Å². The van der Waals surface area contributed by atoms with Crippen LogP contribution in [0.15, 0.2) is 12.7 Å². The summed E-state index contributed by atoms with van der Waals surface area (Å²) in [7, 11) is 0. The van der Waals surface area contributed by atoms with Gasteiger partial charge in [-0.3, -0.25) is 14.4 Å². The number of nitrogens with zero attached hydrogens (tertiary/aromatic N) is 1. The summed E-state index contributed by atoms with van der Waals surface area (Å²) >= 11 is 0. The first-order valence-electron chi connectivity index (χ1n) is 10.3. The van der Waals surface area contributed by atoms with Gasteiger partial charge in [0.2, 0.25) is 0 Å². The van der Waals surface area contributed by atoms with Crippen LogP contribution in [0.1, 0.15) is 59.3 Å². The van der Waals surface area contributed by atoms with Gasteiger partial charge in [-0.1, -0.05) is 27.4 Å². The summed E-state index contributed by atoms with van der Waals surface area (Å²) in [6, 6.07) is 0. The van der Waals surface area contributed by atoms with Crippen LogP contribution in [0.5, 0.6) is 0 Å². The Kier molecular flexibility index (Phi) is 21.1. The highest BCUT2D eigenvalue weighted by atomic mass is 16.6. The third kappa shape index (κ3) is 21.9. The van der Waals surface area contributed by atoms with Crippen molar-refractivity contribution in [3.63, 3.8) is 0 Å². The minimum atomic E-state index is -1.04. The number of aliphatic carboxylic acids is 1. The minimum absolute atomic E-state index is 0.000393. The van der Waals surface area contributed by atoms with Crippen LogP contribution in [-0.2, 0) is 33.4 Å². The van der Waals surface area contributed by atoms with Gasteiger partial charge in [-0.2, -0.15) is 0 Å². The molecular formula is C21H37NO8. The van der Waals surface area contributed by atoms with Gasteiger partial charge in [0, 0.05) is 12.5 Å². The van der Waals surface area contributed by atoms with E-state index in [4.69, 9.17) is 14.6 Å². The number of carboxylic acid groups (broad SMARTS) is 1. The maximum atomic E-state index is 11.3. The zero-order valence-corrected chi connectivity index (χ0v) is 18.5. The van der Waals surface area contributed by atoms with Crippen LogP contribution in [0, 0.1) is 0 Å². The van der Waals surface area contributed by atoms with Crippen molar-refractivity contribution < 1.29 is 38.5 Å². The van der Waals surface area contributed by atoms with Gasteiger partial charge >= 0.3 is 23.9 Å². The van der Waals surface area contributed by atoms with Crippen molar-refractivity contribution in [2.45, 2.75) is 59.3 Å². The van der Waals surface area contributed by atoms with Gasteiger partial charge in [0.05, 0.1) is 19.4 Å². The highest BCUT2D eigenvalue weighted by molar-refractivity contribution is 5.81. The second kappa shape index (κ2) is 21.3. The Balaban J connectivity index is 0. The predicted molar refractivity (Wildman–Crippen MR) is 112 cm³/mol. The zero-order valence-electron chi connectivity index (χ0n) is 18.5. The molecule has 0 saturated carbocycles. The van der Waals surface area contributed by atoms with Crippen molar-refractivity contribution in [1.82, 2.24) is 4.90 Å². The molecule has 0 radical (unpaired) electrons. The van der Waals surface area contributed by atoms with E-state index < -0.39 is 23.9 Å². The standard InChI is InChI=1S/C15H22O8.C6H15N/c1-2-13(18)22-10-11-23-14(19)6-4-3-5-9-21-15(20)8-7-12(16)17;1-4-7(5-2)6-3/h2H,1,3-11H2,(H,16,17);4-6H2,1-3H3. The number of carbonyl (C=O) groups is 4. The maximum absolute atomic E-state index is 11.3. The van der Waals surface area contributed by atoms with E-state index in [1.807, 2.05) is 0 Å². The lowest BCUT2D eigenvalue weighted by molar-refractivity contribution is -0.149. The summed E-state index contributed by atoms with van der Waals surface area (Å²) in [6.45, 7) is 13.5. The smallest absolute Gasteiger partial charge is 0.330 e. The van der Waals surface area contributed by atoms with E-state index in [1.54, 1.807) is 0 Å². The molecule has 9 heteroatoms. The summed E-state index contributed by atoms with van der Waals surface area (Å²) in [5.41, 5.74) is 0. The third-order valence-electron chi connectivity index (χ3n) is 3.93. The van der Waals surface area contributed by atoms with Crippen LogP contribution >= 0.6 is 0 Å². The predicted octanol–water partition coefficient (Wildman–Crippen LogP) is 2.58. The molecule has 0 rings (SSSR count). The molecule has 0 aliphatic heterocycles. The van der Waals surface area contributed by atoms with Gasteiger partial charge in [0.15, 0.2) is 0 Å². The molecule has 30 heavy (non-hydrogen) atoms. The van der Waals surface area contributed by atoms with E-state index in [0.29, 0.717) is 19.3 Å². The van der Waals surface area contributed by atoms with Gasteiger partial charge in [-0.25, -0.2) is 4.79 Å². The molecule has 0 aromatic carbocycles. The Morgan fingerprint density at radius 1 is 0.767 bits per heavy atom. The molecule has 0 heterocycles. The van der Waals surface area contributed by atoms with E-state index in [-0.39, 0.29) is 39.1 Å². The highest BCUT2D eigenvalue weighted by Crippen LogP contribution is 2.03. The Bertz CT molecular complexity index is 498. The number of ether oxygens (including phenoxy) is 3. The number of rotatable bonds is 16. The van der Waals surface area contributed by atoms with Crippen molar-refractivity contribution >= 4 is 23.9 Å². The largest absolute Gasteiger partial charge is 0.481 e. The van der Waals surface area contributed by atoms with Crippen molar-refractivity contribution in [2.24, 2.45) is 0 Å². The van der Waals surface area contributed by atoms with Crippen LogP contribution in [0.3, 0.4) is 0 Å². The highest BCUT2D eigenvalue weighted by Gasteiger charge is 2.07. The minimum Gasteiger partial charge on any atom is -0.481 e. The summed E-state index contributed by atoms with van der Waals surface area (Å²) < 4.78 is 14.3. The summed E-state index contributed by atoms with van der Waals surface area (Å²) in [5.74, 6) is -2.54. The number of esters is 3. The normalized spacial score (nSPS) is 9.87. The van der Waals surface area contributed by atoms with Crippen LogP contribution < -0.4 is 0 Å². The molecule has 0 bridgehead atoms. The first-order chi connectivity index (χ1) is 14.3. The van der Waals surface area contributed by atoms with Crippen LogP contribution in [-0.4, -0.2) is 73.3 Å². The molecule has 0 saturated heterocycles. The number of carbonyl (C=O) groups excluding carboxylic acids is 3. The molecule has 174 valence electrons. The monoisotopic (exact) mass is 431 g/mol. The van der Waals surface area contributed by atoms with Crippen LogP contribution in [0.2, 0.25) is 0 Å². The lowest BCUT2D eigenvalue weighted by atomic mass is 10.2. The first kappa shape index (κ1) is 29.8. The lowest BCUT2D eigenvalue weighted by Crippen LogP contribution is -2.21. The van der Waals surface area contributed by atoms with E-state index >= 15 is 0 Å². The van der Waals surface area contributed by atoms with Gasteiger partial charge in [0.25, 0.3) is 0 Å². The Labute approximate surface area is 179 Å². The van der Waals surface area contributed by atoms with Crippen molar-refractivity contribution in [3.05, 3.63) is 12.7 Å². The van der Waals surface area contributed by atoms with Gasteiger partial charge in [-0.15, -0.1) is 0 Å². The molecule has 0 aliphatic rings. The van der Waals surface area contributed by atoms with Crippen molar-refractivity contribution in [3.8, 4) is 0 Å². The SMILES string of the molecule is C=CC(=O)OCCOC(=O)CCCCCOC(=O)CCC(=O)O.CCN(CC)CC. The molecule has 0 aliphatic carbocycles. The topological polar surface area (TPSA) is 119 Å². The number of hydrogen-bond acceptors (Lipinski definition) is 8. The lowest BCUT2D eigenvalue weighted by Gasteiger charge is -2.13. The molecule has 0 aromatic rings. The molecule has 0 atom stereocenters. The van der Waals surface area contributed by atoms with Crippen molar-refractivity contribution in [2.75, 3.05) is 39.5 Å². The number of hydrogen-bond donors (Lipinski definition) is 1. The van der Waals surface area contributed by atoms with E-state index in [9.17, 15) is 19.2 Å². The number of unbranched alkanes of at least 4 members (excludes halogenated alkanes) is 2. The molecule has 0 unspecified atom stereocenters. The average Bonchev–Trinajstić information content (AvgIpc) is 2.73. The molecule has 0 fully saturated rings. The molecule has 0 spiro atoms. The van der Waals surface area contributed by atoms with E-state index in [2.05, 4.69) is 37.0 Å². The maximum Gasteiger partial charge on any atom is 0.330 e. The number of carboxylic acids is 1. The molecule has 9 nitrogen and oxygen atoms in total. The Morgan fingerprint density at radius 3 is 1.80 bits per heavy atom. The van der Waals surface area contributed by atoms with Gasteiger partial charge in [-0.05, 0) is 38.9 Å². The molecule has 1 N–H and O–H groups in total. The van der Waals surface area contributed by atoms with Gasteiger partial charge in [0.1, 0.15) is 13.2 Å². The quantitative estimate of drug-likeness (QED) is 0.170. The van der Waals surface area contributed by atoms with Crippen LogP contribution in [0.25, 0.3) is 0 Å². The fourth-order valence-corrected chi connectivity index (χ4v) is 2.12. The Morgan fingerprint density at radius 2 is 1.30 bits per heavy atom. The fraction of sp³-hybridized carbons (Fsp3) is 0.714. The molecular weight excluding hydrogens is 394 g/mol. The molecule has 0 amide bonds. The summed E-state index contributed by atoms with van der Waals surface area (Å²) in [4.78, 5) is 45.8. The second-order valence-electron chi connectivity index (χ2n) is 6.14. The van der Waals surface area contributed by atoms with Crippen LogP contribution in [0.4, 0.5) is 0 Å². The average molecular weight is 432 g/mol. The molecule has 0 aromatic heterocycles. The fourth-order valence-electron chi connectivity index (χ4n) is 2.12. The van der Waals surface area contributed by atoms with E-state index in [1.165, 1.54) is 19.6 Å². The van der Waals surface area contributed by atoms with E-state index in [0.717, 1.165) is 6.08 Å². The summed E-state index contributed by atoms with van der Waals surface area (Å²) in [5, 5.41) is 8.39. The Hall–Kier alpha value is -2.42. The first-order valence-corrected chi connectivity index (χ1v) is 10.3. The second-order valence-corrected chi connectivity index (χ2v) is 6.14. The zero-order chi connectivity index (χ0) is 23.2. The van der Waals surface area contributed by atoms with Crippen molar-refractivity contribution in [1.29, 1.82) is 0 Å².